The lowest BCUT2D eigenvalue weighted by molar-refractivity contribution is 0.102. The van der Waals surface area contributed by atoms with Gasteiger partial charge < -0.3 is 24.6 Å². The molecule has 0 atom stereocenters. The molecule has 0 unspecified atom stereocenters. The lowest BCUT2D eigenvalue weighted by Crippen LogP contribution is -2.46. The van der Waals surface area contributed by atoms with E-state index in [1.54, 1.807) is 38.7 Å². The van der Waals surface area contributed by atoms with Crippen molar-refractivity contribution in [2.75, 3.05) is 55.5 Å². The monoisotopic (exact) mass is 489 g/mol. The number of amides is 1. The summed E-state index contributed by atoms with van der Waals surface area (Å²) < 4.78 is 10.7. The van der Waals surface area contributed by atoms with Crippen molar-refractivity contribution in [2.24, 2.45) is 0 Å². The van der Waals surface area contributed by atoms with Crippen molar-refractivity contribution in [2.45, 2.75) is 6.92 Å². The van der Waals surface area contributed by atoms with Crippen LogP contribution in [0.1, 0.15) is 15.2 Å². The van der Waals surface area contributed by atoms with E-state index in [-0.39, 0.29) is 5.91 Å². The molecule has 3 heterocycles. The van der Waals surface area contributed by atoms with Gasteiger partial charge in [0.15, 0.2) is 0 Å². The summed E-state index contributed by atoms with van der Waals surface area (Å²) in [6, 6.07) is 15.8. The Morgan fingerprint density at radius 2 is 1.71 bits per heavy atom. The van der Waals surface area contributed by atoms with Crippen LogP contribution in [0.5, 0.6) is 11.5 Å². The number of anilines is 3. The highest BCUT2D eigenvalue weighted by Crippen LogP contribution is 2.37. The van der Waals surface area contributed by atoms with E-state index >= 15 is 0 Å². The van der Waals surface area contributed by atoms with Gasteiger partial charge in [-0.2, -0.15) is 0 Å². The Labute approximate surface area is 208 Å². The van der Waals surface area contributed by atoms with Crippen LogP contribution >= 0.6 is 11.3 Å². The van der Waals surface area contributed by atoms with E-state index in [0.29, 0.717) is 22.1 Å². The fraction of sp³-hybridized carbons (Fsp3) is 0.269. The van der Waals surface area contributed by atoms with E-state index in [2.05, 4.69) is 49.4 Å². The van der Waals surface area contributed by atoms with Gasteiger partial charge >= 0.3 is 0 Å². The molecule has 0 radical (unpaired) electrons. The third-order valence-corrected chi connectivity index (χ3v) is 7.47. The lowest BCUT2D eigenvalue weighted by atomic mass is 10.1. The van der Waals surface area contributed by atoms with Crippen molar-refractivity contribution in [3.63, 3.8) is 0 Å². The Kier molecular flexibility index (Phi) is 6.41. The van der Waals surface area contributed by atoms with Crippen LogP contribution < -0.4 is 24.6 Å². The molecule has 8 nitrogen and oxygen atoms in total. The van der Waals surface area contributed by atoms with Crippen LogP contribution in [0, 0.1) is 6.92 Å². The van der Waals surface area contributed by atoms with Gasteiger partial charge in [-0.25, -0.2) is 9.97 Å². The summed E-state index contributed by atoms with van der Waals surface area (Å²) in [7, 11) is 3.16. The van der Waals surface area contributed by atoms with Crippen molar-refractivity contribution in [1.82, 2.24) is 9.97 Å². The molecule has 0 saturated carbocycles. The summed E-state index contributed by atoms with van der Waals surface area (Å²) in [5, 5.41) is 3.92. The smallest absolute Gasteiger partial charge is 0.266 e. The van der Waals surface area contributed by atoms with Crippen molar-refractivity contribution < 1.29 is 14.3 Å². The van der Waals surface area contributed by atoms with Crippen LogP contribution in [0.2, 0.25) is 0 Å². The highest BCUT2D eigenvalue weighted by atomic mass is 32.1. The number of benzene rings is 2. The van der Waals surface area contributed by atoms with E-state index in [9.17, 15) is 4.79 Å². The van der Waals surface area contributed by atoms with Gasteiger partial charge in [-0.1, -0.05) is 18.2 Å². The van der Waals surface area contributed by atoms with Gasteiger partial charge in [0.25, 0.3) is 5.91 Å². The molecule has 9 heteroatoms. The molecule has 0 aliphatic carbocycles. The molecule has 0 spiro atoms. The number of rotatable bonds is 6. The number of carbonyl (C=O) groups is 1. The minimum atomic E-state index is -0.200. The molecule has 2 aromatic heterocycles. The van der Waals surface area contributed by atoms with Crippen LogP contribution in [0.3, 0.4) is 0 Å². The number of thiophene rings is 1. The summed E-state index contributed by atoms with van der Waals surface area (Å²) in [6.45, 7) is 5.47. The molecule has 1 amide bonds. The van der Waals surface area contributed by atoms with E-state index in [1.165, 1.54) is 17.0 Å². The first-order valence-corrected chi connectivity index (χ1v) is 12.2. The standard InChI is InChI=1S/C26H27N5O3S/c1-17-22-24(31-13-11-30(12-14-31)18-7-5-4-6-8-18)27-16-28-26(22)35-23(17)25(32)29-20-10-9-19(33-2)15-21(20)34-3/h4-10,15-16H,11-14H2,1-3H3,(H,29,32). The third kappa shape index (κ3) is 4.46. The number of nitrogens with one attached hydrogen (secondary N) is 1. The zero-order valence-corrected chi connectivity index (χ0v) is 20.8. The number of aryl methyl sites for hydroxylation is 1. The maximum Gasteiger partial charge on any atom is 0.266 e. The zero-order valence-electron chi connectivity index (χ0n) is 19.9. The second-order valence-corrected chi connectivity index (χ2v) is 9.26. The van der Waals surface area contributed by atoms with Crippen LogP contribution in [0.4, 0.5) is 17.2 Å². The normalized spacial score (nSPS) is 13.7. The molecule has 1 fully saturated rings. The van der Waals surface area contributed by atoms with Crippen molar-refractivity contribution >= 4 is 44.7 Å². The number of fused-ring (bicyclic) bond motifs is 1. The SMILES string of the molecule is COc1ccc(NC(=O)c2sc3ncnc(N4CCN(c5ccccc5)CC4)c3c2C)c(OC)c1. The number of piperazine rings is 1. The molecule has 0 bridgehead atoms. The van der Waals surface area contributed by atoms with Crippen molar-refractivity contribution in [3.05, 3.63) is 65.3 Å². The lowest BCUT2D eigenvalue weighted by Gasteiger charge is -2.37. The van der Waals surface area contributed by atoms with Crippen molar-refractivity contribution in [1.29, 1.82) is 0 Å². The Hall–Kier alpha value is -3.85. The molecule has 1 aliphatic heterocycles. The zero-order chi connectivity index (χ0) is 24.4. The van der Waals surface area contributed by atoms with Crippen LogP contribution in [-0.4, -0.2) is 56.3 Å². The number of methoxy groups -OCH3 is 2. The Bertz CT molecular complexity index is 1350. The predicted octanol–water partition coefficient (Wildman–Crippen LogP) is 4.60. The molecule has 1 N–H and O–H groups in total. The molecule has 1 aliphatic rings. The highest BCUT2D eigenvalue weighted by molar-refractivity contribution is 7.20. The fourth-order valence-electron chi connectivity index (χ4n) is 4.41. The first-order valence-electron chi connectivity index (χ1n) is 11.4. The number of aromatic nitrogens is 2. The molecule has 35 heavy (non-hydrogen) atoms. The maximum absolute atomic E-state index is 13.3. The predicted molar refractivity (Wildman–Crippen MR) is 141 cm³/mol. The van der Waals surface area contributed by atoms with Gasteiger partial charge in [0.2, 0.25) is 0 Å². The number of para-hydroxylation sites is 1. The van der Waals surface area contributed by atoms with E-state index in [4.69, 9.17) is 9.47 Å². The second kappa shape index (κ2) is 9.79. The largest absolute Gasteiger partial charge is 0.497 e. The Balaban J connectivity index is 1.39. The average Bonchev–Trinajstić information content (AvgIpc) is 3.26. The number of hydrogen-bond donors (Lipinski definition) is 1. The Morgan fingerprint density at radius 1 is 0.971 bits per heavy atom. The summed E-state index contributed by atoms with van der Waals surface area (Å²) >= 11 is 1.38. The Morgan fingerprint density at radius 3 is 2.43 bits per heavy atom. The summed E-state index contributed by atoms with van der Waals surface area (Å²) in [4.78, 5) is 28.5. The van der Waals surface area contributed by atoms with E-state index < -0.39 is 0 Å². The number of hydrogen-bond acceptors (Lipinski definition) is 8. The summed E-state index contributed by atoms with van der Waals surface area (Å²) in [5.74, 6) is 1.88. The average molecular weight is 490 g/mol. The number of ether oxygens (including phenoxy) is 2. The highest BCUT2D eigenvalue weighted by Gasteiger charge is 2.25. The second-order valence-electron chi connectivity index (χ2n) is 8.26. The first-order chi connectivity index (χ1) is 17.1. The minimum absolute atomic E-state index is 0.200. The van der Waals surface area contributed by atoms with Gasteiger partial charge in [0, 0.05) is 37.9 Å². The maximum atomic E-state index is 13.3. The molecular formula is C26H27N5O3S. The van der Waals surface area contributed by atoms with Crippen LogP contribution in [0.25, 0.3) is 10.2 Å². The summed E-state index contributed by atoms with van der Waals surface area (Å²) in [6.07, 6.45) is 1.59. The topological polar surface area (TPSA) is 79.8 Å². The molecule has 4 aromatic rings. The minimum Gasteiger partial charge on any atom is -0.497 e. The van der Waals surface area contributed by atoms with Gasteiger partial charge in [-0.05, 0) is 36.8 Å². The molecule has 180 valence electrons. The number of nitrogens with zero attached hydrogens (tertiary/aromatic N) is 4. The summed E-state index contributed by atoms with van der Waals surface area (Å²) in [5.41, 5.74) is 2.70. The van der Waals surface area contributed by atoms with E-state index in [1.807, 2.05) is 13.0 Å². The number of carbonyl (C=O) groups excluding carboxylic acids is 1. The molecule has 2 aromatic carbocycles. The molecule has 5 rings (SSSR count). The quantitative estimate of drug-likeness (QED) is 0.424. The van der Waals surface area contributed by atoms with Gasteiger partial charge in [0.1, 0.15) is 28.5 Å². The first kappa shape index (κ1) is 22.9. The van der Waals surface area contributed by atoms with Gasteiger partial charge in [0.05, 0.1) is 30.2 Å². The molecular weight excluding hydrogens is 462 g/mol. The van der Waals surface area contributed by atoms with Crippen LogP contribution in [-0.2, 0) is 0 Å². The third-order valence-electron chi connectivity index (χ3n) is 6.27. The fourth-order valence-corrected chi connectivity index (χ4v) is 5.44. The van der Waals surface area contributed by atoms with Gasteiger partial charge in [-0.15, -0.1) is 11.3 Å². The molecule has 1 saturated heterocycles. The van der Waals surface area contributed by atoms with Crippen LogP contribution in [0.15, 0.2) is 54.9 Å². The van der Waals surface area contributed by atoms with Gasteiger partial charge in [-0.3, -0.25) is 4.79 Å². The van der Waals surface area contributed by atoms with Crippen molar-refractivity contribution in [3.8, 4) is 11.5 Å². The van der Waals surface area contributed by atoms with E-state index in [0.717, 1.165) is 47.8 Å².